The van der Waals surface area contributed by atoms with Gasteiger partial charge in [-0.1, -0.05) is 60.7 Å². The first-order valence-electron chi connectivity index (χ1n) is 8.22. The lowest BCUT2D eigenvalue weighted by Gasteiger charge is -2.22. The van der Waals surface area contributed by atoms with Gasteiger partial charge < -0.3 is 10.4 Å². The molecule has 25 heavy (non-hydrogen) atoms. The molecule has 0 aliphatic heterocycles. The summed E-state index contributed by atoms with van der Waals surface area (Å²) in [6.45, 7) is 1.92. The molecule has 0 saturated carbocycles. The van der Waals surface area contributed by atoms with Gasteiger partial charge in [-0.3, -0.25) is 4.79 Å². The fraction of sp³-hybridized carbons (Fsp3) is 0.190. The van der Waals surface area contributed by atoms with E-state index in [0.717, 1.165) is 21.6 Å². The summed E-state index contributed by atoms with van der Waals surface area (Å²) in [5.74, 6) is -0.0932. The zero-order valence-electron chi connectivity index (χ0n) is 14.1. The van der Waals surface area contributed by atoms with Crippen molar-refractivity contribution in [2.75, 3.05) is 6.54 Å². The quantitative estimate of drug-likeness (QED) is 0.706. The molecule has 3 nitrogen and oxygen atoms in total. The number of rotatable bonds is 6. The standard InChI is InChI=1S/C21H21NO2S/c1-21(24,19-8-5-13-25-19)15-22-20(23)14-16-9-11-18(12-10-16)17-6-3-2-4-7-17/h2-13,24H,14-15H2,1H3,(H,22,23). The molecule has 128 valence electrons. The van der Waals surface area contributed by atoms with Gasteiger partial charge in [-0.05, 0) is 35.1 Å². The smallest absolute Gasteiger partial charge is 0.224 e. The minimum Gasteiger partial charge on any atom is -0.383 e. The molecular weight excluding hydrogens is 330 g/mol. The number of benzene rings is 2. The molecule has 0 fully saturated rings. The lowest BCUT2D eigenvalue weighted by Crippen LogP contribution is -2.38. The highest BCUT2D eigenvalue weighted by molar-refractivity contribution is 7.10. The molecule has 0 spiro atoms. The average molecular weight is 351 g/mol. The normalized spacial score (nSPS) is 13.2. The van der Waals surface area contributed by atoms with E-state index >= 15 is 0 Å². The fourth-order valence-electron chi connectivity index (χ4n) is 2.64. The maximum absolute atomic E-state index is 12.2. The Morgan fingerprint density at radius 2 is 1.68 bits per heavy atom. The second-order valence-corrected chi connectivity index (χ2v) is 7.22. The van der Waals surface area contributed by atoms with Crippen LogP contribution >= 0.6 is 11.3 Å². The third kappa shape index (κ3) is 4.56. The number of nitrogens with one attached hydrogen (secondary N) is 1. The minimum atomic E-state index is -1.04. The summed E-state index contributed by atoms with van der Waals surface area (Å²) in [6, 6.07) is 21.9. The maximum atomic E-state index is 12.2. The summed E-state index contributed by atoms with van der Waals surface area (Å²) >= 11 is 1.48. The third-order valence-corrected chi connectivity index (χ3v) is 5.23. The molecule has 1 heterocycles. The number of aliphatic hydroxyl groups is 1. The first kappa shape index (κ1) is 17.4. The van der Waals surface area contributed by atoms with E-state index in [1.165, 1.54) is 11.3 Å². The van der Waals surface area contributed by atoms with Crippen molar-refractivity contribution in [3.8, 4) is 11.1 Å². The first-order valence-corrected chi connectivity index (χ1v) is 9.10. The number of hydrogen-bond acceptors (Lipinski definition) is 3. The number of amides is 1. The number of hydrogen-bond donors (Lipinski definition) is 2. The monoisotopic (exact) mass is 351 g/mol. The Hall–Kier alpha value is -2.43. The Morgan fingerprint density at radius 3 is 2.32 bits per heavy atom. The SMILES string of the molecule is CC(O)(CNC(=O)Cc1ccc(-c2ccccc2)cc1)c1cccs1. The Labute approximate surface area is 152 Å². The Balaban J connectivity index is 1.56. The van der Waals surface area contributed by atoms with E-state index in [-0.39, 0.29) is 12.5 Å². The number of thiophene rings is 1. The predicted molar refractivity (Wildman–Crippen MR) is 102 cm³/mol. The van der Waals surface area contributed by atoms with Crippen molar-refractivity contribution in [1.82, 2.24) is 5.32 Å². The van der Waals surface area contributed by atoms with E-state index in [2.05, 4.69) is 17.4 Å². The van der Waals surface area contributed by atoms with Gasteiger partial charge >= 0.3 is 0 Å². The molecule has 1 aromatic heterocycles. The van der Waals surface area contributed by atoms with Crippen LogP contribution in [0.2, 0.25) is 0 Å². The van der Waals surface area contributed by atoms with Crippen LogP contribution in [0.15, 0.2) is 72.1 Å². The average Bonchev–Trinajstić information content (AvgIpc) is 3.17. The van der Waals surface area contributed by atoms with Gasteiger partial charge in [-0.15, -0.1) is 11.3 Å². The highest BCUT2D eigenvalue weighted by atomic mass is 32.1. The van der Waals surface area contributed by atoms with E-state index < -0.39 is 5.60 Å². The lowest BCUT2D eigenvalue weighted by atomic mass is 10.0. The predicted octanol–water partition coefficient (Wildman–Crippen LogP) is 3.98. The van der Waals surface area contributed by atoms with Crippen molar-refractivity contribution in [1.29, 1.82) is 0 Å². The molecule has 1 unspecified atom stereocenters. The van der Waals surface area contributed by atoms with Gasteiger partial charge in [0.05, 0.1) is 13.0 Å². The van der Waals surface area contributed by atoms with Gasteiger partial charge in [0.25, 0.3) is 0 Å². The molecule has 1 amide bonds. The van der Waals surface area contributed by atoms with E-state index in [1.807, 2.05) is 60.0 Å². The molecule has 1 atom stereocenters. The largest absolute Gasteiger partial charge is 0.383 e. The van der Waals surface area contributed by atoms with Crippen LogP contribution in [0.1, 0.15) is 17.4 Å². The second kappa shape index (κ2) is 7.64. The van der Waals surface area contributed by atoms with Crippen molar-refractivity contribution in [2.24, 2.45) is 0 Å². The van der Waals surface area contributed by atoms with Gasteiger partial charge in [0.15, 0.2) is 0 Å². The van der Waals surface area contributed by atoms with E-state index in [9.17, 15) is 9.90 Å². The molecule has 2 aromatic carbocycles. The van der Waals surface area contributed by atoms with Crippen molar-refractivity contribution < 1.29 is 9.90 Å². The zero-order valence-corrected chi connectivity index (χ0v) is 14.9. The Kier molecular flexibility index (Phi) is 5.31. The number of carbonyl (C=O) groups excluding carboxylic acids is 1. The van der Waals surface area contributed by atoms with Crippen molar-refractivity contribution in [3.05, 3.63) is 82.6 Å². The Morgan fingerprint density at radius 1 is 1.00 bits per heavy atom. The van der Waals surface area contributed by atoms with Crippen LogP contribution in [0, 0.1) is 0 Å². The van der Waals surface area contributed by atoms with Gasteiger partial charge in [-0.2, -0.15) is 0 Å². The van der Waals surface area contributed by atoms with Gasteiger partial charge in [0.2, 0.25) is 5.91 Å². The van der Waals surface area contributed by atoms with E-state index in [4.69, 9.17) is 0 Å². The molecule has 0 radical (unpaired) electrons. The summed E-state index contributed by atoms with van der Waals surface area (Å²) in [7, 11) is 0. The topological polar surface area (TPSA) is 49.3 Å². The third-order valence-electron chi connectivity index (χ3n) is 4.11. The van der Waals surface area contributed by atoms with Crippen LogP contribution in [0.25, 0.3) is 11.1 Å². The second-order valence-electron chi connectivity index (χ2n) is 6.27. The molecule has 0 aliphatic rings. The van der Waals surface area contributed by atoms with Crippen molar-refractivity contribution in [3.63, 3.8) is 0 Å². The fourth-order valence-corrected chi connectivity index (χ4v) is 3.42. The molecule has 4 heteroatoms. The molecule has 0 saturated heterocycles. The molecule has 2 N–H and O–H groups in total. The lowest BCUT2D eigenvalue weighted by molar-refractivity contribution is -0.121. The number of carbonyl (C=O) groups is 1. The molecule has 0 aliphatic carbocycles. The first-order chi connectivity index (χ1) is 12.0. The van der Waals surface area contributed by atoms with Crippen LogP contribution in [0.3, 0.4) is 0 Å². The maximum Gasteiger partial charge on any atom is 0.224 e. The van der Waals surface area contributed by atoms with E-state index in [0.29, 0.717) is 6.42 Å². The summed E-state index contributed by atoms with van der Waals surface area (Å²) in [4.78, 5) is 13.0. The molecular formula is C21H21NO2S. The van der Waals surface area contributed by atoms with E-state index in [1.54, 1.807) is 6.92 Å². The molecule has 3 aromatic rings. The molecule has 0 bridgehead atoms. The van der Waals surface area contributed by atoms with Crippen molar-refractivity contribution >= 4 is 17.2 Å². The highest BCUT2D eigenvalue weighted by Gasteiger charge is 2.24. The summed E-state index contributed by atoms with van der Waals surface area (Å²) < 4.78 is 0. The van der Waals surface area contributed by atoms with Gasteiger partial charge in [0.1, 0.15) is 5.60 Å². The van der Waals surface area contributed by atoms with Gasteiger partial charge in [-0.25, -0.2) is 0 Å². The van der Waals surface area contributed by atoms with Crippen LogP contribution in [0.4, 0.5) is 0 Å². The van der Waals surface area contributed by atoms with Crippen LogP contribution in [-0.2, 0) is 16.8 Å². The molecule has 3 rings (SSSR count). The summed E-state index contributed by atoms with van der Waals surface area (Å²) in [5, 5.41) is 15.2. The van der Waals surface area contributed by atoms with Crippen molar-refractivity contribution in [2.45, 2.75) is 18.9 Å². The van der Waals surface area contributed by atoms with Crippen LogP contribution < -0.4 is 5.32 Å². The highest BCUT2D eigenvalue weighted by Crippen LogP contribution is 2.24. The van der Waals surface area contributed by atoms with Crippen LogP contribution in [-0.4, -0.2) is 17.6 Å². The summed E-state index contributed by atoms with van der Waals surface area (Å²) in [5.41, 5.74) is 2.20. The van der Waals surface area contributed by atoms with Gasteiger partial charge in [0, 0.05) is 4.88 Å². The minimum absolute atomic E-state index is 0.0932. The zero-order chi connectivity index (χ0) is 17.7. The summed E-state index contributed by atoms with van der Waals surface area (Å²) in [6.07, 6.45) is 0.301. The van der Waals surface area contributed by atoms with Crippen LogP contribution in [0.5, 0.6) is 0 Å². The Bertz CT molecular complexity index is 809.